The number of benzene rings is 1. The molecule has 0 spiro atoms. The van der Waals surface area contributed by atoms with Gasteiger partial charge in [0.15, 0.2) is 0 Å². The number of nitro benzene ring substituents is 1. The van der Waals surface area contributed by atoms with Crippen LogP contribution in [0.25, 0.3) is 0 Å². The van der Waals surface area contributed by atoms with Gasteiger partial charge >= 0.3 is 0 Å². The first-order valence-corrected chi connectivity index (χ1v) is 6.85. The van der Waals surface area contributed by atoms with Gasteiger partial charge in [-0.3, -0.25) is 14.9 Å². The third-order valence-corrected chi connectivity index (χ3v) is 4.05. The number of hydrogen-bond acceptors (Lipinski definition) is 3. The molecule has 1 amide bonds. The Morgan fingerprint density at radius 1 is 1.45 bits per heavy atom. The third kappa shape index (κ3) is 2.98. The van der Waals surface area contributed by atoms with Crippen LogP contribution in [-0.4, -0.2) is 16.9 Å². The maximum absolute atomic E-state index is 12.3. The van der Waals surface area contributed by atoms with Gasteiger partial charge in [0.2, 0.25) is 0 Å². The summed E-state index contributed by atoms with van der Waals surface area (Å²) in [6.45, 7) is 6.00. The molecule has 1 unspecified atom stereocenters. The third-order valence-electron chi connectivity index (χ3n) is 4.05. The van der Waals surface area contributed by atoms with Crippen LogP contribution < -0.4 is 5.32 Å². The average Bonchev–Trinajstić information content (AvgIpc) is 2.68. The van der Waals surface area contributed by atoms with Crippen LogP contribution in [0, 0.1) is 22.5 Å². The van der Waals surface area contributed by atoms with E-state index in [0.29, 0.717) is 11.1 Å². The van der Waals surface area contributed by atoms with Gasteiger partial charge in [-0.05, 0) is 37.7 Å². The van der Waals surface area contributed by atoms with Crippen LogP contribution in [0.5, 0.6) is 0 Å². The van der Waals surface area contributed by atoms with E-state index < -0.39 is 4.92 Å². The molecule has 20 heavy (non-hydrogen) atoms. The fourth-order valence-corrected chi connectivity index (χ4v) is 2.89. The van der Waals surface area contributed by atoms with Gasteiger partial charge in [0.1, 0.15) is 0 Å². The average molecular weight is 276 g/mol. The molecule has 0 bridgehead atoms. The molecule has 1 saturated carbocycles. The number of hydrogen-bond donors (Lipinski definition) is 1. The van der Waals surface area contributed by atoms with E-state index in [2.05, 4.69) is 19.2 Å². The minimum absolute atomic E-state index is 0.00981. The quantitative estimate of drug-likeness (QED) is 0.680. The van der Waals surface area contributed by atoms with E-state index in [-0.39, 0.29) is 23.1 Å². The number of nitro groups is 1. The number of nitrogens with one attached hydrogen (secondary N) is 1. The Hall–Kier alpha value is -1.91. The van der Waals surface area contributed by atoms with Crippen LogP contribution in [-0.2, 0) is 0 Å². The largest absolute Gasteiger partial charge is 0.349 e. The van der Waals surface area contributed by atoms with Gasteiger partial charge in [0.25, 0.3) is 11.6 Å². The maximum atomic E-state index is 12.3. The number of amides is 1. The molecule has 0 radical (unpaired) electrons. The summed E-state index contributed by atoms with van der Waals surface area (Å²) in [7, 11) is 0. The van der Waals surface area contributed by atoms with Gasteiger partial charge < -0.3 is 5.32 Å². The van der Waals surface area contributed by atoms with Crippen molar-refractivity contribution < 1.29 is 9.72 Å². The molecule has 1 aliphatic carbocycles. The Morgan fingerprint density at radius 2 is 2.15 bits per heavy atom. The Morgan fingerprint density at radius 3 is 2.70 bits per heavy atom. The van der Waals surface area contributed by atoms with Crippen molar-refractivity contribution in [1.82, 2.24) is 5.32 Å². The van der Waals surface area contributed by atoms with Crippen molar-refractivity contribution in [1.29, 1.82) is 0 Å². The highest BCUT2D eigenvalue weighted by atomic mass is 16.6. The summed E-state index contributed by atoms with van der Waals surface area (Å²) in [5.41, 5.74) is 1.07. The SMILES string of the molecule is Cc1c(C(=O)NC2CCC(C)(C)C2)cccc1[N+](=O)[O-]. The van der Waals surface area contributed by atoms with Crippen LogP contribution in [0.2, 0.25) is 0 Å². The Labute approximate surface area is 118 Å². The number of carbonyl (C=O) groups excluding carboxylic acids is 1. The molecule has 1 N–H and O–H groups in total. The topological polar surface area (TPSA) is 72.2 Å². The van der Waals surface area contributed by atoms with Gasteiger partial charge in [-0.15, -0.1) is 0 Å². The fraction of sp³-hybridized carbons (Fsp3) is 0.533. The molecule has 2 rings (SSSR count). The first-order valence-electron chi connectivity index (χ1n) is 6.85. The van der Waals surface area contributed by atoms with E-state index >= 15 is 0 Å². The normalized spacial score (nSPS) is 20.6. The minimum Gasteiger partial charge on any atom is -0.349 e. The Bertz CT molecular complexity index is 552. The summed E-state index contributed by atoms with van der Waals surface area (Å²) in [6.07, 6.45) is 3.01. The van der Waals surface area contributed by atoms with Crippen LogP contribution in [0.3, 0.4) is 0 Å². The lowest BCUT2D eigenvalue weighted by molar-refractivity contribution is -0.385. The second-order valence-corrected chi connectivity index (χ2v) is 6.28. The van der Waals surface area contributed by atoms with Crippen molar-refractivity contribution in [3.05, 3.63) is 39.4 Å². The second-order valence-electron chi connectivity index (χ2n) is 6.28. The zero-order valence-corrected chi connectivity index (χ0v) is 12.1. The number of nitrogens with zero attached hydrogens (tertiary/aromatic N) is 1. The van der Waals surface area contributed by atoms with Gasteiger partial charge in [0.05, 0.1) is 4.92 Å². The molecule has 0 aliphatic heterocycles. The zero-order chi connectivity index (χ0) is 14.9. The predicted molar refractivity (Wildman–Crippen MR) is 76.7 cm³/mol. The monoisotopic (exact) mass is 276 g/mol. The Kier molecular flexibility index (Phi) is 3.79. The second kappa shape index (κ2) is 5.23. The van der Waals surface area contributed by atoms with Gasteiger partial charge in [0, 0.05) is 23.2 Å². The van der Waals surface area contributed by atoms with Crippen molar-refractivity contribution in [2.45, 2.75) is 46.1 Å². The fourth-order valence-electron chi connectivity index (χ4n) is 2.89. The standard InChI is InChI=1S/C15H20N2O3/c1-10-12(5-4-6-13(10)17(19)20)14(18)16-11-7-8-15(2,3)9-11/h4-6,11H,7-9H2,1-3H3,(H,16,18). The van der Waals surface area contributed by atoms with Gasteiger partial charge in [-0.1, -0.05) is 19.9 Å². The van der Waals surface area contributed by atoms with Crippen molar-refractivity contribution in [2.75, 3.05) is 0 Å². The first-order chi connectivity index (χ1) is 9.30. The van der Waals surface area contributed by atoms with Crippen LogP contribution >= 0.6 is 0 Å². The summed E-state index contributed by atoms with van der Waals surface area (Å²) in [5, 5.41) is 13.9. The molecular weight excluding hydrogens is 256 g/mol. The van der Waals surface area contributed by atoms with E-state index in [4.69, 9.17) is 0 Å². The van der Waals surface area contributed by atoms with Crippen molar-refractivity contribution in [3.8, 4) is 0 Å². The van der Waals surface area contributed by atoms with Crippen molar-refractivity contribution in [2.24, 2.45) is 5.41 Å². The first kappa shape index (κ1) is 14.5. The predicted octanol–water partition coefficient (Wildman–Crippen LogP) is 3.21. The molecule has 0 aromatic heterocycles. The molecule has 5 nitrogen and oxygen atoms in total. The molecule has 108 valence electrons. The lowest BCUT2D eigenvalue weighted by Gasteiger charge is -2.18. The van der Waals surface area contributed by atoms with Crippen molar-refractivity contribution in [3.63, 3.8) is 0 Å². The van der Waals surface area contributed by atoms with E-state index in [9.17, 15) is 14.9 Å². The van der Waals surface area contributed by atoms with Crippen LogP contribution in [0.1, 0.15) is 49.0 Å². The molecule has 1 aliphatic rings. The van der Waals surface area contributed by atoms with E-state index in [1.165, 1.54) is 6.07 Å². The molecule has 1 fully saturated rings. The number of rotatable bonds is 3. The lowest BCUT2D eigenvalue weighted by atomic mass is 9.92. The van der Waals surface area contributed by atoms with E-state index in [0.717, 1.165) is 19.3 Å². The molecule has 0 saturated heterocycles. The zero-order valence-electron chi connectivity index (χ0n) is 12.1. The van der Waals surface area contributed by atoms with Crippen molar-refractivity contribution >= 4 is 11.6 Å². The molecule has 1 atom stereocenters. The highest BCUT2D eigenvalue weighted by Gasteiger charge is 2.32. The molecule has 1 aromatic carbocycles. The lowest BCUT2D eigenvalue weighted by Crippen LogP contribution is -2.34. The maximum Gasteiger partial charge on any atom is 0.273 e. The van der Waals surface area contributed by atoms with Gasteiger partial charge in [-0.2, -0.15) is 0 Å². The highest BCUT2D eigenvalue weighted by molar-refractivity contribution is 5.96. The molecular formula is C15H20N2O3. The smallest absolute Gasteiger partial charge is 0.273 e. The highest BCUT2D eigenvalue weighted by Crippen LogP contribution is 2.37. The van der Waals surface area contributed by atoms with E-state index in [1.54, 1.807) is 19.1 Å². The summed E-state index contributed by atoms with van der Waals surface area (Å²) in [6, 6.07) is 4.78. The van der Waals surface area contributed by atoms with Crippen LogP contribution in [0.15, 0.2) is 18.2 Å². The summed E-state index contributed by atoms with van der Waals surface area (Å²) in [4.78, 5) is 22.7. The van der Waals surface area contributed by atoms with E-state index in [1.807, 2.05) is 0 Å². The summed E-state index contributed by atoms with van der Waals surface area (Å²) < 4.78 is 0. The Balaban J connectivity index is 2.14. The van der Waals surface area contributed by atoms with Gasteiger partial charge in [-0.25, -0.2) is 0 Å². The summed E-state index contributed by atoms with van der Waals surface area (Å²) in [5.74, 6) is -0.214. The summed E-state index contributed by atoms with van der Waals surface area (Å²) >= 11 is 0. The molecule has 5 heteroatoms. The molecule has 0 heterocycles. The minimum atomic E-state index is -0.454. The number of carbonyl (C=O) groups is 1. The van der Waals surface area contributed by atoms with Crippen LogP contribution in [0.4, 0.5) is 5.69 Å². The molecule has 1 aromatic rings.